The summed E-state index contributed by atoms with van der Waals surface area (Å²) in [5.74, 6) is 0. The number of aliphatic hydroxyl groups is 1. The van der Waals surface area contributed by atoms with Crippen LogP contribution in [-0.4, -0.2) is 30.3 Å². The van der Waals surface area contributed by atoms with Crippen molar-refractivity contribution >= 4 is 0 Å². The average Bonchev–Trinajstić information content (AvgIpc) is 2.48. The molecule has 0 aliphatic heterocycles. The van der Waals surface area contributed by atoms with Crippen LogP contribution in [0.3, 0.4) is 0 Å². The average molecular weight is 303 g/mol. The van der Waals surface area contributed by atoms with E-state index in [0.29, 0.717) is 19.4 Å². The minimum Gasteiger partial charge on any atom is -0.390 e. The Bertz CT molecular complexity index is 453. The number of benzene rings is 1. The van der Waals surface area contributed by atoms with Crippen molar-refractivity contribution in [3.8, 4) is 6.07 Å². The Hall–Kier alpha value is -1.41. The van der Waals surface area contributed by atoms with Gasteiger partial charge in [-0.15, -0.1) is 0 Å². The Kier molecular flexibility index (Phi) is 8.11. The summed E-state index contributed by atoms with van der Waals surface area (Å²) in [6.45, 7) is 5.66. The van der Waals surface area contributed by atoms with Crippen molar-refractivity contribution in [2.45, 2.75) is 51.7 Å². The first-order chi connectivity index (χ1) is 10.4. The monoisotopic (exact) mass is 303 g/mol. The number of hydrogen-bond donors (Lipinski definition) is 3. The summed E-state index contributed by atoms with van der Waals surface area (Å²) in [5, 5.41) is 22.0. The van der Waals surface area contributed by atoms with Gasteiger partial charge >= 0.3 is 0 Å². The topological polar surface area (TPSA) is 82.1 Å². The van der Waals surface area contributed by atoms with Crippen molar-refractivity contribution in [2.75, 3.05) is 13.1 Å². The van der Waals surface area contributed by atoms with E-state index in [1.807, 2.05) is 30.3 Å². The molecule has 1 rings (SSSR count). The number of nitriles is 1. The van der Waals surface area contributed by atoms with Gasteiger partial charge in [0.15, 0.2) is 0 Å². The van der Waals surface area contributed by atoms with Crippen LogP contribution >= 0.6 is 0 Å². The molecule has 0 bridgehead atoms. The van der Waals surface area contributed by atoms with Crippen molar-refractivity contribution < 1.29 is 5.11 Å². The second-order valence-electron chi connectivity index (χ2n) is 6.73. The van der Waals surface area contributed by atoms with Crippen molar-refractivity contribution in [2.24, 2.45) is 11.1 Å². The van der Waals surface area contributed by atoms with E-state index >= 15 is 0 Å². The van der Waals surface area contributed by atoms with Crippen molar-refractivity contribution in [3.05, 3.63) is 35.9 Å². The summed E-state index contributed by atoms with van der Waals surface area (Å²) >= 11 is 0. The zero-order valence-electron chi connectivity index (χ0n) is 13.8. The van der Waals surface area contributed by atoms with E-state index in [2.05, 4.69) is 25.2 Å². The zero-order chi connectivity index (χ0) is 16.4. The highest BCUT2D eigenvalue weighted by molar-refractivity contribution is 5.16. The van der Waals surface area contributed by atoms with E-state index in [-0.39, 0.29) is 11.5 Å². The zero-order valence-corrected chi connectivity index (χ0v) is 13.8. The van der Waals surface area contributed by atoms with Crippen molar-refractivity contribution in [1.29, 1.82) is 5.26 Å². The van der Waals surface area contributed by atoms with Crippen LogP contribution in [-0.2, 0) is 6.42 Å². The molecule has 0 fully saturated rings. The Morgan fingerprint density at radius 2 is 2.00 bits per heavy atom. The molecular weight excluding hydrogens is 274 g/mol. The summed E-state index contributed by atoms with van der Waals surface area (Å²) in [6.07, 6.45) is 2.64. The molecule has 2 unspecified atom stereocenters. The van der Waals surface area contributed by atoms with Crippen LogP contribution in [0.4, 0.5) is 0 Å². The lowest BCUT2D eigenvalue weighted by Gasteiger charge is -2.26. The summed E-state index contributed by atoms with van der Waals surface area (Å²) in [7, 11) is 0. The molecule has 0 amide bonds. The quantitative estimate of drug-likeness (QED) is 0.579. The van der Waals surface area contributed by atoms with Gasteiger partial charge in [-0.25, -0.2) is 0 Å². The lowest BCUT2D eigenvalue weighted by atomic mass is 9.87. The van der Waals surface area contributed by atoms with Gasteiger partial charge in [0.2, 0.25) is 0 Å². The van der Waals surface area contributed by atoms with Gasteiger partial charge in [0, 0.05) is 25.6 Å². The third kappa shape index (κ3) is 7.56. The molecule has 0 spiro atoms. The largest absolute Gasteiger partial charge is 0.390 e. The highest BCUT2D eigenvalue weighted by Crippen LogP contribution is 2.21. The molecule has 22 heavy (non-hydrogen) atoms. The Balaban J connectivity index is 2.27. The summed E-state index contributed by atoms with van der Waals surface area (Å²) < 4.78 is 0. The maximum atomic E-state index is 10.2. The van der Waals surface area contributed by atoms with Crippen LogP contribution < -0.4 is 11.1 Å². The molecule has 4 N–H and O–H groups in total. The Labute approximate surface area is 134 Å². The number of nitrogens with zero attached hydrogens (tertiary/aromatic N) is 1. The first-order valence-corrected chi connectivity index (χ1v) is 8.00. The van der Waals surface area contributed by atoms with Crippen LogP contribution in [0.15, 0.2) is 30.3 Å². The maximum Gasteiger partial charge on any atom is 0.0818 e. The van der Waals surface area contributed by atoms with Crippen LogP contribution in [0.1, 0.15) is 38.7 Å². The minimum atomic E-state index is -0.560. The lowest BCUT2D eigenvalue weighted by Crippen LogP contribution is -2.44. The van der Waals surface area contributed by atoms with Crippen LogP contribution in [0, 0.1) is 16.7 Å². The van der Waals surface area contributed by atoms with E-state index in [4.69, 9.17) is 11.0 Å². The predicted octanol–water partition coefficient (Wildman–Crippen LogP) is 2.23. The fraction of sp³-hybridized carbons (Fsp3) is 0.611. The molecule has 2 atom stereocenters. The molecule has 4 heteroatoms. The number of nitrogens with one attached hydrogen (secondary N) is 1. The molecule has 0 saturated carbocycles. The van der Waals surface area contributed by atoms with Gasteiger partial charge in [0.25, 0.3) is 0 Å². The van der Waals surface area contributed by atoms with E-state index in [9.17, 15) is 5.11 Å². The molecule has 0 aromatic heterocycles. The van der Waals surface area contributed by atoms with Gasteiger partial charge in [0.05, 0.1) is 12.2 Å². The first kappa shape index (κ1) is 18.6. The van der Waals surface area contributed by atoms with Crippen LogP contribution in [0.2, 0.25) is 0 Å². The molecule has 122 valence electrons. The summed E-state index contributed by atoms with van der Waals surface area (Å²) in [6, 6.07) is 11.9. The molecule has 0 radical (unpaired) electrons. The molecule has 1 aromatic carbocycles. The van der Waals surface area contributed by atoms with Gasteiger partial charge in [-0.2, -0.15) is 5.26 Å². The number of nitrogens with two attached hydrogens (primary N) is 1. The molecule has 0 heterocycles. The first-order valence-electron chi connectivity index (χ1n) is 8.00. The SMILES string of the molecule is CC(C)(CCCC#N)CNCC(O)C(N)Cc1ccccc1. The fourth-order valence-corrected chi connectivity index (χ4v) is 2.47. The maximum absolute atomic E-state index is 10.2. The summed E-state index contributed by atoms with van der Waals surface area (Å²) in [5.41, 5.74) is 7.34. The van der Waals surface area contributed by atoms with E-state index in [0.717, 1.165) is 24.9 Å². The van der Waals surface area contributed by atoms with Crippen LogP contribution in [0.5, 0.6) is 0 Å². The van der Waals surface area contributed by atoms with Crippen LogP contribution in [0.25, 0.3) is 0 Å². The minimum absolute atomic E-state index is 0.125. The number of unbranched alkanes of at least 4 members (excludes halogenated alkanes) is 1. The second-order valence-corrected chi connectivity index (χ2v) is 6.73. The fourth-order valence-electron chi connectivity index (χ4n) is 2.47. The van der Waals surface area contributed by atoms with Gasteiger partial charge < -0.3 is 16.2 Å². The predicted molar refractivity (Wildman–Crippen MR) is 90.2 cm³/mol. The molecule has 1 aromatic rings. The molecule has 4 nitrogen and oxygen atoms in total. The highest BCUT2D eigenvalue weighted by atomic mass is 16.3. The van der Waals surface area contributed by atoms with Gasteiger partial charge in [-0.05, 0) is 30.2 Å². The third-order valence-electron chi connectivity index (χ3n) is 3.91. The molecule has 0 saturated heterocycles. The molecule has 0 aliphatic carbocycles. The smallest absolute Gasteiger partial charge is 0.0818 e. The Morgan fingerprint density at radius 1 is 1.32 bits per heavy atom. The second kappa shape index (κ2) is 9.58. The highest BCUT2D eigenvalue weighted by Gasteiger charge is 2.19. The van der Waals surface area contributed by atoms with Crippen molar-refractivity contribution in [1.82, 2.24) is 5.32 Å². The normalized spacial score (nSPS) is 14.3. The summed E-state index contributed by atoms with van der Waals surface area (Å²) in [4.78, 5) is 0. The molecular formula is C18H29N3O. The van der Waals surface area contributed by atoms with Gasteiger partial charge in [0.1, 0.15) is 0 Å². The number of hydrogen-bond acceptors (Lipinski definition) is 4. The van der Waals surface area contributed by atoms with Gasteiger partial charge in [-0.1, -0.05) is 44.2 Å². The Morgan fingerprint density at radius 3 is 2.64 bits per heavy atom. The van der Waals surface area contributed by atoms with E-state index < -0.39 is 6.10 Å². The lowest BCUT2D eigenvalue weighted by molar-refractivity contribution is 0.136. The third-order valence-corrected chi connectivity index (χ3v) is 3.91. The number of rotatable bonds is 10. The van der Waals surface area contributed by atoms with Gasteiger partial charge in [-0.3, -0.25) is 0 Å². The van der Waals surface area contributed by atoms with E-state index in [1.165, 1.54) is 0 Å². The standard InChI is InChI=1S/C18H29N3O/c1-18(2,10-6-7-11-19)14-21-13-17(22)16(20)12-15-8-4-3-5-9-15/h3-5,8-9,16-17,21-22H,6-7,10,12-14,20H2,1-2H3. The molecule has 0 aliphatic rings. The van der Waals surface area contributed by atoms with Crippen molar-refractivity contribution in [3.63, 3.8) is 0 Å². The number of aliphatic hydroxyl groups excluding tert-OH is 1. The van der Waals surface area contributed by atoms with E-state index in [1.54, 1.807) is 0 Å².